The van der Waals surface area contributed by atoms with Gasteiger partial charge in [0, 0.05) is 24.5 Å². The van der Waals surface area contributed by atoms with Crippen LogP contribution in [0.3, 0.4) is 0 Å². The van der Waals surface area contributed by atoms with Crippen LogP contribution >= 0.6 is 0 Å². The fourth-order valence-corrected chi connectivity index (χ4v) is 3.00. The molecule has 4 rings (SSSR count). The average Bonchev–Trinajstić information content (AvgIpc) is 3.23. The molecule has 6 heteroatoms. The second kappa shape index (κ2) is 7.31. The highest BCUT2D eigenvalue weighted by Crippen LogP contribution is 2.30. The molecule has 1 N–H and O–H groups in total. The summed E-state index contributed by atoms with van der Waals surface area (Å²) in [7, 11) is 0. The summed E-state index contributed by atoms with van der Waals surface area (Å²) in [5, 5.41) is 3.01. The second-order valence-corrected chi connectivity index (χ2v) is 6.00. The van der Waals surface area contributed by atoms with Gasteiger partial charge in [-0.15, -0.1) is 0 Å². The van der Waals surface area contributed by atoms with Crippen molar-refractivity contribution in [2.75, 3.05) is 19.8 Å². The van der Waals surface area contributed by atoms with Gasteiger partial charge in [-0.05, 0) is 23.8 Å². The van der Waals surface area contributed by atoms with Crippen molar-refractivity contribution >= 4 is 5.91 Å². The van der Waals surface area contributed by atoms with E-state index in [1.165, 1.54) is 0 Å². The van der Waals surface area contributed by atoms with Crippen molar-refractivity contribution < 1.29 is 14.3 Å². The highest BCUT2D eigenvalue weighted by atomic mass is 16.6. The molecule has 1 atom stereocenters. The Hall–Kier alpha value is -3.28. The molecule has 6 nitrogen and oxygen atoms in total. The van der Waals surface area contributed by atoms with Crippen molar-refractivity contribution in [2.45, 2.75) is 6.04 Å². The first-order valence-electron chi connectivity index (χ1n) is 8.51. The van der Waals surface area contributed by atoms with Gasteiger partial charge in [-0.1, -0.05) is 30.3 Å². The van der Waals surface area contributed by atoms with Crippen molar-refractivity contribution in [3.63, 3.8) is 0 Å². The highest BCUT2D eigenvalue weighted by Gasteiger charge is 2.17. The van der Waals surface area contributed by atoms with E-state index in [2.05, 4.69) is 10.3 Å². The van der Waals surface area contributed by atoms with Crippen molar-refractivity contribution in [1.29, 1.82) is 0 Å². The summed E-state index contributed by atoms with van der Waals surface area (Å²) in [6.45, 7) is 1.48. The van der Waals surface area contributed by atoms with Gasteiger partial charge in [0.1, 0.15) is 13.2 Å². The van der Waals surface area contributed by atoms with Gasteiger partial charge in [-0.2, -0.15) is 0 Å². The number of carbonyl (C=O) groups excluding carboxylic acids is 1. The van der Waals surface area contributed by atoms with Crippen molar-refractivity contribution in [3.05, 3.63) is 78.4 Å². The molecule has 0 radical (unpaired) electrons. The predicted octanol–water partition coefficient (Wildman–Crippen LogP) is 2.67. The summed E-state index contributed by atoms with van der Waals surface area (Å²) in [5.41, 5.74) is 1.65. The third-order valence-corrected chi connectivity index (χ3v) is 4.33. The van der Waals surface area contributed by atoms with Gasteiger partial charge in [-0.3, -0.25) is 4.79 Å². The Morgan fingerprint density at radius 1 is 1.12 bits per heavy atom. The second-order valence-electron chi connectivity index (χ2n) is 6.00. The van der Waals surface area contributed by atoms with E-state index in [0.29, 0.717) is 36.8 Å². The lowest BCUT2D eigenvalue weighted by Gasteiger charge is -2.21. The fraction of sp³-hybridized carbons (Fsp3) is 0.200. The van der Waals surface area contributed by atoms with Crippen LogP contribution in [-0.4, -0.2) is 35.2 Å². The predicted molar refractivity (Wildman–Crippen MR) is 96.6 cm³/mol. The zero-order valence-electron chi connectivity index (χ0n) is 14.2. The summed E-state index contributed by atoms with van der Waals surface area (Å²) in [5.74, 6) is 1.13. The molecule has 0 bridgehead atoms. The molecule has 3 aromatic rings. The number of nitrogens with one attached hydrogen (secondary N) is 1. The molecule has 26 heavy (non-hydrogen) atoms. The molecule has 1 aliphatic heterocycles. The number of fused-ring (bicyclic) bond motifs is 1. The topological polar surface area (TPSA) is 65.4 Å². The SMILES string of the molecule is O=C(NCC(c1ccccc1)n1ccnc1)c1ccc2c(c1)OCCO2. The summed E-state index contributed by atoms with van der Waals surface area (Å²) < 4.78 is 13.0. The number of rotatable bonds is 5. The maximum atomic E-state index is 12.6. The van der Waals surface area contributed by atoms with Crippen LogP contribution in [0, 0.1) is 0 Å². The Morgan fingerprint density at radius 3 is 2.69 bits per heavy atom. The molecule has 1 amide bonds. The molecule has 2 heterocycles. The van der Waals surface area contributed by atoms with Gasteiger partial charge in [0.05, 0.1) is 12.4 Å². The third kappa shape index (κ3) is 3.39. The zero-order chi connectivity index (χ0) is 17.8. The molecule has 0 aliphatic carbocycles. The molecular weight excluding hydrogens is 330 g/mol. The van der Waals surface area contributed by atoms with Crippen molar-refractivity contribution in [3.8, 4) is 11.5 Å². The minimum Gasteiger partial charge on any atom is -0.486 e. The third-order valence-electron chi connectivity index (χ3n) is 4.33. The number of ether oxygens (including phenoxy) is 2. The minimum atomic E-state index is -0.150. The van der Waals surface area contributed by atoms with E-state index in [1.807, 2.05) is 41.1 Å². The van der Waals surface area contributed by atoms with Gasteiger partial charge in [0.2, 0.25) is 0 Å². The van der Waals surface area contributed by atoms with E-state index in [9.17, 15) is 4.79 Å². The number of benzene rings is 2. The number of carbonyl (C=O) groups is 1. The Kier molecular flexibility index (Phi) is 4.55. The monoisotopic (exact) mass is 349 g/mol. The van der Waals surface area contributed by atoms with E-state index >= 15 is 0 Å². The molecule has 1 aromatic heterocycles. The Morgan fingerprint density at radius 2 is 1.92 bits per heavy atom. The largest absolute Gasteiger partial charge is 0.486 e. The number of amides is 1. The van der Waals surface area contributed by atoms with E-state index in [4.69, 9.17) is 9.47 Å². The smallest absolute Gasteiger partial charge is 0.251 e. The standard InChI is InChI=1S/C20H19N3O3/c24-20(16-6-7-18-19(12-16)26-11-10-25-18)22-13-17(23-9-8-21-14-23)15-4-2-1-3-5-15/h1-9,12,14,17H,10-11,13H2,(H,22,24). The number of hydrogen-bond acceptors (Lipinski definition) is 4. The van der Waals surface area contributed by atoms with Crippen LogP contribution in [0.2, 0.25) is 0 Å². The molecule has 0 fully saturated rings. The van der Waals surface area contributed by atoms with Gasteiger partial charge < -0.3 is 19.4 Å². The van der Waals surface area contributed by atoms with Gasteiger partial charge in [-0.25, -0.2) is 4.98 Å². The van der Waals surface area contributed by atoms with Crippen LogP contribution in [-0.2, 0) is 0 Å². The molecule has 0 saturated carbocycles. The molecule has 1 unspecified atom stereocenters. The van der Waals surface area contributed by atoms with Crippen LogP contribution in [0.4, 0.5) is 0 Å². The van der Waals surface area contributed by atoms with E-state index in [0.717, 1.165) is 5.56 Å². The highest BCUT2D eigenvalue weighted by molar-refractivity contribution is 5.94. The quantitative estimate of drug-likeness (QED) is 0.769. The first-order chi connectivity index (χ1) is 12.8. The van der Waals surface area contributed by atoms with Crippen LogP contribution in [0.5, 0.6) is 11.5 Å². The average molecular weight is 349 g/mol. The fourth-order valence-electron chi connectivity index (χ4n) is 3.00. The Bertz CT molecular complexity index is 879. The Labute approximate surface area is 151 Å². The zero-order valence-corrected chi connectivity index (χ0v) is 14.2. The summed E-state index contributed by atoms with van der Waals surface area (Å²) in [6, 6.07) is 15.2. The van der Waals surface area contributed by atoms with Crippen LogP contribution in [0.25, 0.3) is 0 Å². The van der Waals surface area contributed by atoms with Gasteiger partial charge >= 0.3 is 0 Å². The van der Waals surface area contributed by atoms with E-state index in [-0.39, 0.29) is 11.9 Å². The van der Waals surface area contributed by atoms with Crippen molar-refractivity contribution in [2.24, 2.45) is 0 Å². The molecule has 2 aromatic carbocycles. The molecule has 132 valence electrons. The minimum absolute atomic E-state index is 0.0279. The molecule has 0 saturated heterocycles. The molecule has 1 aliphatic rings. The summed E-state index contributed by atoms with van der Waals surface area (Å²) in [6.07, 6.45) is 5.39. The van der Waals surface area contributed by atoms with Crippen LogP contribution in [0.15, 0.2) is 67.3 Å². The van der Waals surface area contributed by atoms with Gasteiger partial charge in [0.25, 0.3) is 5.91 Å². The summed E-state index contributed by atoms with van der Waals surface area (Å²) in [4.78, 5) is 16.7. The van der Waals surface area contributed by atoms with Gasteiger partial charge in [0.15, 0.2) is 11.5 Å². The first-order valence-corrected chi connectivity index (χ1v) is 8.51. The first kappa shape index (κ1) is 16.2. The number of imidazole rings is 1. The lowest BCUT2D eigenvalue weighted by Crippen LogP contribution is -2.31. The number of nitrogens with zero attached hydrogens (tertiary/aromatic N) is 2. The van der Waals surface area contributed by atoms with E-state index in [1.54, 1.807) is 30.7 Å². The molecular formula is C20H19N3O3. The Balaban J connectivity index is 1.50. The van der Waals surface area contributed by atoms with E-state index < -0.39 is 0 Å². The normalized spacial score (nSPS) is 13.8. The summed E-state index contributed by atoms with van der Waals surface area (Å²) >= 11 is 0. The lowest BCUT2D eigenvalue weighted by atomic mass is 10.1. The van der Waals surface area contributed by atoms with Crippen LogP contribution in [0.1, 0.15) is 22.0 Å². The maximum Gasteiger partial charge on any atom is 0.251 e. The van der Waals surface area contributed by atoms with Crippen LogP contribution < -0.4 is 14.8 Å². The maximum absolute atomic E-state index is 12.6. The number of aromatic nitrogens is 2. The lowest BCUT2D eigenvalue weighted by molar-refractivity contribution is 0.0948. The molecule has 0 spiro atoms. The van der Waals surface area contributed by atoms with Crippen molar-refractivity contribution in [1.82, 2.24) is 14.9 Å². The number of hydrogen-bond donors (Lipinski definition) is 1.